The van der Waals surface area contributed by atoms with Gasteiger partial charge < -0.3 is 5.32 Å². The van der Waals surface area contributed by atoms with Crippen molar-refractivity contribution >= 4 is 15.9 Å². The van der Waals surface area contributed by atoms with Crippen molar-refractivity contribution in [2.24, 2.45) is 11.8 Å². The molecule has 0 spiro atoms. The number of carbonyl (C=O) groups is 1. The minimum absolute atomic E-state index is 0.0539. The lowest BCUT2D eigenvalue weighted by Crippen LogP contribution is -2.55. The van der Waals surface area contributed by atoms with Gasteiger partial charge in [0.2, 0.25) is 10.0 Å². The molecule has 27 heavy (non-hydrogen) atoms. The number of nitrogens with zero attached hydrogens (tertiary/aromatic N) is 1. The second-order valence-corrected chi connectivity index (χ2v) is 10.5. The summed E-state index contributed by atoms with van der Waals surface area (Å²) < 4.78 is 37.6. The van der Waals surface area contributed by atoms with Crippen molar-refractivity contribution in [3.05, 3.63) is 35.4 Å². The minimum Gasteiger partial charge on any atom is -0.347 e. The van der Waals surface area contributed by atoms with Crippen LogP contribution in [0.2, 0.25) is 0 Å². The van der Waals surface area contributed by atoms with Crippen LogP contribution in [0.3, 0.4) is 0 Å². The first-order chi connectivity index (χ1) is 12.7. The molecule has 3 rings (SSSR count). The number of fused-ring (bicyclic) bond motifs is 2. The third kappa shape index (κ3) is 4.88. The van der Waals surface area contributed by atoms with E-state index in [1.807, 2.05) is 0 Å². The van der Waals surface area contributed by atoms with Gasteiger partial charge in [-0.1, -0.05) is 25.0 Å². The Morgan fingerprint density at radius 3 is 2.63 bits per heavy atom. The fourth-order valence-corrected chi connectivity index (χ4v) is 5.09. The Bertz CT molecular complexity index is 781. The second-order valence-electron chi connectivity index (χ2n) is 8.37. The molecule has 0 saturated heterocycles. The fourth-order valence-electron chi connectivity index (χ4n) is 4.71. The van der Waals surface area contributed by atoms with Crippen LogP contribution in [0.25, 0.3) is 0 Å². The first kappa shape index (κ1) is 20.3. The molecule has 2 saturated carbocycles. The summed E-state index contributed by atoms with van der Waals surface area (Å²) in [5, 5.41) is 3.22. The summed E-state index contributed by atoms with van der Waals surface area (Å²) in [6.07, 6.45) is 6.92. The highest BCUT2D eigenvalue weighted by molar-refractivity contribution is 7.88. The molecule has 2 fully saturated rings. The summed E-state index contributed by atoms with van der Waals surface area (Å²) in [5.41, 5.74) is 1.11. The molecule has 3 unspecified atom stereocenters. The molecule has 1 N–H and O–H groups in total. The van der Waals surface area contributed by atoms with Crippen LogP contribution in [0.4, 0.5) is 4.39 Å². The second kappa shape index (κ2) is 7.87. The number of hydrogen-bond donors (Lipinski definition) is 1. The molecule has 0 aromatic heterocycles. The average Bonchev–Trinajstić information content (AvgIpc) is 2.60. The zero-order valence-electron chi connectivity index (χ0n) is 16.1. The summed E-state index contributed by atoms with van der Waals surface area (Å²) in [6.45, 7) is -0.0405. The van der Waals surface area contributed by atoms with Gasteiger partial charge in [0.15, 0.2) is 0 Å². The average molecular weight is 397 g/mol. The maximum Gasteiger partial charge on any atom is 0.251 e. The smallest absolute Gasteiger partial charge is 0.251 e. The Labute approximate surface area is 161 Å². The molecule has 3 atom stereocenters. The van der Waals surface area contributed by atoms with E-state index in [2.05, 4.69) is 5.32 Å². The van der Waals surface area contributed by atoms with Gasteiger partial charge in [-0.25, -0.2) is 12.7 Å². The van der Waals surface area contributed by atoms with Crippen molar-refractivity contribution in [3.63, 3.8) is 0 Å². The molecule has 7 heteroatoms. The first-order valence-corrected chi connectivity index (χ1v) is 11.4. The number of carbonyl (C=O) groups excluding carboxylic acids is 1. The molecule has 1 amide bonds. The maximum atomic E-state index is 13.3. The summed E-state index contributed by atoms with van der Waals surface area (Å²) in [5.74, 6) is 0.443. The fraction of sp³-hybridized carbons (Fsp3) is 0.650. The summed E-state index contributed by atoms with van der Waals surface area (Å²) >= 11 is 0. The maximum absolute atomic E-state index is 13.3. The normalized spacial score (nSPS) is 28.1. The summed E-state index contributed by atoms with van der Waals surface area (Å²) in [6, 6.07) is 7.02. The molecule has 150 valence electrons. The molecule has 5 nitrogen and oxygen atoms in total. The Hall–Kier alpha value is -1.47. The number of alkyl halides is 1. The van der Waals surface area contributed by atoms with E-state index >= 15 is 0 Å². The van der Waals surface area contributed by atoms with Crippen molar-refractivity contribution in [2.45, 2.75) is 50.6 Å². The monoisotopic (exact) mass is 396 g/mol. The van der Waals surface area contributed by atoms with Crippen LogP contribution in [-0.2, 0) is 16.6 Å². The molecule has 0 aliphatic heterocycles. The van der Waals surface area contributed by atoms with E-state index in [9.17, 15) is 17.6 Å². The highest BCUT2D eigenvalue weighted by atomic mass is 32.2. The third-order valence-corrected chi connectivity index (χ3v) is 7.34. The van der Waals surface area contributed by atoms with Gasteiger partial charge in [0, 0.05) is 24.7 Å². The van der Waals surface area contributed by atoms with Crippen molar-refractivity contribution in [2.75, 3.05) is 20.0 Å². The van der Waals surface area contributed by atoms with Gasteiger partial charge in [0.1, 0.15) is 0 Å². The van der Waals surface area contributed by atoms with E-state index in [0.717, 1.165) is 44.1 Å². The van der Waals surface area contributed by atoms with Crippen molar-refractivity contribution < 1.29 is 17.6 Å². The first-order valence-electron chi connectivity index (χ1n) is 9.59. The lowest BCUT2D eigenvalue weighted by Gasteiger charge is -2.48. The summed E-state index contributed by atoms with van der Waals surface area (Å²) in [7, 11) is -1.71. The van der Waals surface area contributed by atoms with E-state index in [4.69, 9.17) is 0 Å². The van der Waals surface area contributed by atoms with Crippen LogP contribution in [0.15, 0.2) is 24.3 Å². The Morgan fingerprint density at radius 1 is 1.30 bits per heavy atom. The van der Waals surface area contributed by atoms with Gasteiger partial charge >= 0.3 is 0 Å². The van der Waals surface area contributed by atoms with Gasteiger partial charge in [0.05, 0.1) is 12.9 Å². The number of benzene rings is 1. The molecule has 2 aliphatic carbocycles. The van der Waals surface area contributed by atoms with Crippen LogP contribution in [0.5, 0.6) is 0 Å². The van der Waals surface area contributed by atoms with E-state index in [1.54, 1.807) is 24.3 Å². The Morgan fingerprint density at radius 2 is 2.00 bits per heavy atom. The lowest BCUT2D eigenvalue weighted by atomic mass is 9.63. The van der Waals surface area contributed by atoms with Crippen LogP contribution in [0, 0.1) is 11.8 Å². The van der Waals surface area contributed by atoms with E-state index in [-0.39, 0.29) is 30.6 Å². The molecular weight excluding hydrogens is 367 g/mol. The number of halogens is 1. The van der Waals surface area contributed by atoms with Crippen LogP contribution in [0.1, 0.15) is 54.4 Å². The predicted molar refractivity (Wildman–Crippen MR) is 104 cm³/mol. The summed E-state index contributed by atoms with van der Waals surface area (Å²) in [4.78, 5) is 12.8. The van der Waals surface area contributed by atoms with Crippen molar-refractivity contribution in [1.82, 2.24) is 9.62 Å². The van der Waals surface area contributed by atoms with Crippen molar-refractivity contribution in [1.29, 1.82) is 0 Å². The molecule has 2 aliphatic rings. The van der Waals surface area contributed by atoms with Crippen LogP contribution >= 0.6 is 0 Å². The molecule has 1 aromatic rings. The van der Waals surface area contributed by atoms with E-state index in [1.165, 1.54) is 17.6 Å². The Balaban J connectivity index is 1.67. The standard InChI is InChI=1S/C20H29FN2O3S/c1-23(27(2,25)26)14-15-5-7-18(8-6-15)19(24)22-20-9-3-4-16(11-20)10-17(12-20)13-21/h5-8,16-17H,3-4,9-14H2,1-2H3,(H,22,24). The van der Waals surface area contributed by atoms with Gasteiger partial charge in [-0.2, -0.15) is 0 Å². The van der Waals surface area contributed by atoms with E-state index in [0.29, 0.717) is 11.5 Å². The SMILES string of the molecule is CN(Cc1ccc(C(=O)NC23CCCC(CC(CF)C2)C3)cc1)S(C)(=O)=O. The topological polar surface area (TPSA) is 66.5 Å². The number of rotatable bonds is 6. The van der Waals surface area contributed by atoms with Gasteiger partial charge in [-0.05, 0) is 55.2 Å². The lowest BCUT2D eigenvalue weighted by molar-refractivity contribution is 0.0550. The Kier molecular flexibility index (Phi) is 5.91. The molecule has 0 radical (unpaired) electrons. The molecule has 1 aromatic carbocycles. The number of amides is 1. The van der Waals surface area contributed by atoms with Crippen LogP contribution < -0.4 is 5.32 Å². The van der Waals surface area contributed by atoms with Gasteiger partial charge in [0.25, 0.3) is 5.91 Å². The van der Waals surface area contributed by atoms with Crippen molar-refractivity contribution in [3.8, 4) is 0 Å². The third-order valence-electron chi connectivity index (χ3n) is 6.08. The number of nitrogens with one attached hydrogen (secondary N) is 1. The largest absolute Gasteiger partial charge is 0.347 e. The van der Waals surface area contributed by atoms with Gasteiger partial charge in [-0.3, -0.25) is 9.18 Å². The molecule has 0 heterocycles. The highest BCUT2D eigenvalue weighted by Gasteiger charge is 2.44. The molecule has 2 bridgehead atoms. The molecular formula is C20H29FN2O3S. The quantitative estimate of drug-likeness (QED) is 0.803. The van der Waals surface area contributed by atoms with Gasteiger partial charge in [-0.15, -0.1) is 0 Å². The number of sulfonamides is 1. The minimum atomic E-state index is -3.24. The predicted octanol–water partition coefficient (Wildman–Crippen LogP) is 3.12. The highest BCUT2D eigenvalue weighted by Crippen LogP contribution is 2.45. The zero-order valence-corrected chi connectivity index (χ0v) is 16.9. The van der Waals surface area contributed by atoms with Crippen LogP contribution in [-0.4, -0.2) is 44.1 Å². The number of hydrogen-bond acceptors (Lipinski definition) is 3. The zero-order chi connectivity index (χ0) is 19.7. The van der Waals surface area contributed by atoms with E-state index < -0.39 is 10.0 Å².